The molecular weight excluding hydrogens is 240 g/mol. The Balaban J connectivity index is 2.12. The summed E-state index contributed by atoms with van der Waals surface area (Å²) in [5.74, 6) is 1.83. The number of hydrogen-bond donors (Lipinski definition) is 1. The Morgan fingerprint density at radius 1 is 1.32 bits per heavy atom. The molecule has 0 radical (unpaired) electrons. The lowest BCUT2D eigenvalue weighted by atomic mass is 10.1. The monoisotopic (exact) mass is 264 g/mol. The number of ether oxygens (including phenoxy) is 2. The van der Waals surface area contributed by atoms with Crippen LogP contribution < -0.4 is 14.8 Å². The van der Waals surface area contributed by atoms with E-state index in [0.29, 0.717) is 6.04 Å². The van der Waals surface area contributed by atoms with Gasteiger partial charge in [-0.1, -0.05) is 0 Å². The van der Waals surface area contributed by atoms with Crippen LogP contribution in [0.2, 0.25) is 0 Å². The maximum absolute atomic E-state index is 5.45. The molecule has 1 unspecified atom stereocenters. The van der Waals surface area contributed by atoms with Crippen LogP contribution in [0.15, 0.2) is 18.2 Å². The van der Waals surface area contributed by atoms with Crippen molar-refractivity contribution < 1.29 is 9.47 Å². The summed E-state index contributed by atoms with van der Waals surface area (Å²) in [6, 6.07) is 6.63. The number of likely N-dealkylation sites (N-methyl/N-ethyl adjacent to an activating group) is 1. The van der Waals surface area contributed by atoms with Crippen LogP contribution >= 0.6 is 0 Å². The van der Waals surface area contributed by atoms with E-state index in [2.05, 4.69) is 16.3 Å². The molecule has 0 spiro atoms. The van der Waals surface area contributed by atoms with Crippen molar-refractivity contribution in [3.05, 3.63) is 23.8 Å². The number of hydrogen-bond acceptors (Lipinski definition) is 4. The second-order valence-corrected chi connectivity index (χ2v) is 5.00. The van der Waals surface area contributed by atoms with E-state index < -0.39 is 0 Å². The summed E-state index contributed by atoms with van der Waals surface area (Å²) in [7, 11) is 5.44. The number of nitrogens with zero attached hydrogens (tertiary/aromatic N) is 1. The Morgan fingerprint density at radius 3 is 2.84 bits per heavy atom. The Hall–Kier alpha value is -1.26. The molecule has 0 aliphatic carbocycles. The first-order valence-electron chi connectivity index (χ1n) is 6.88. The molecule has 0 aromatic heterocycles. The van der Waals surface area contributed by atoms with E-state index in [9.17, 15) is 0 Å². The summed E-state index contributed by atoms with van der Waals surface area (Å²) in [6.45, 7) is 3.13. The van der Waals surface area contributed by atoms with E-state index in [1.165, 1.54) is 18.4 Å². The standard InChI is InChI=1S/C15H24N2O2/c1-16-10-13-5-4-8-17(13)11-12-9-14(18-2)6-7-15(12)19-3/h6-7,9,13,16H,4-5,8,10-11H2,1-3H3. The average molecular weight is 264 g/mol. The Morgan fingerprint density at radius 2 is 2.16 bits per heavy atom. The third-order valence-electron chi connectivity index (χ3n) is 3.80. The number of likely N-dealkylation sites (tertiary alicyclic amines) is 1. The molecule has 19 heavy (non-hydrogen) atoms. The quantitative estimate of drug-likeness (QED) is 0.850. The van der Waals surface area contributed by atoms with Crippen LogP contribution in [0.5, 0.6) is 11.5 Å². The third-order valence-corrected chi connectivity index (χ3v) is 3.80. The molecule has 4 nitrogen and oxygen atoms in total. The van der Waals surface area contributed by atoms with Crippen LogP contribution in [0.1, 0.15) is 18.4 Å². The van der Waals surface area contributed by atoms with Gasteiger partial charge in [-0.15, -0.1) is 0 Å². The molecule has 1 aromatic carbocycles. The average Bonchev–Trinajstić information content (AvgIpc) is 2.86. The van der Waals surface area contributed by atoms with E-state index in [-0.39, 0.29) is 0 Å². The van der Waals surface area contributed by atoms with Crippen molar-refractivity contribution in [2.24, 2.45) is 0 Å². The van der Waals surface area contributed by atoms with Gasteiger partial charge in [0.25, 0.3) is 0 Å². The number of rotatable bonds is 6. The molecule has 1 fully saturated rings. The molecule has 2 rings (SSSR count). The SMILES string of the molecule is CNCC1CCCN1Cc1cc(OC)ccc1OC. The fourth-order valence-corrected chi connectivity index (χ4v) is 2.79. The zero-order chi connectivity index (χ0) is 13.7. The van der Waals surface area contributed by atoms with E-state index in [1.807, 2.05) is 19.2 Å². The molecule has 1 aromatic rings. The third kappa shape index (κ3) is 3.39. The van der Waals surface area contributed by atoms with E-state index in [1.54, 1.807) is 14.2 Å². The first-order valence-corrected chi connectivity index (χ1v) is 6.88. The molecule has 1 aliphatic rings. The Labute approximate surface area is 115 Å². The van der Waals surface area contributed by atoms with Gasteiger partial charge in [-0.25, -0.2) is 0 Å². The van der Waals surface area contributed by atoms with Gasteiger partial charge >= 0.3 is 0 Å². The van der Waals surface area contributed by atoms with Crippen molar-refractivity contribution in [3.8, 4) is 11.5 Å². The topological polar surface area (TPSA) is 33.7 Å². The van der Waals surface area contributed by atoms with Crippen LogP contribution in [0.25, 0.3) is 0 Å². The first kappa shape index (κ1) is 14.2. The van der Waals surface area contributed by atoms with Crippen LogP contribution in [0.3, 0.4) is 0 Å². The molecule has 1 saturated heterocycles. The van der Waals surface area contributed by atoms with Crippen LogP contribution in [-0.2, 0) is 6.54 Å². The van der Waals surface area contributed by atoms with Crippen LogP contribution in [0, 0.1) is 0 Å². The summed E-state index contributed by atoms with van der Waals surface area (Å²) < 4.78 is 10.8. The minimum Gasteiger partial charge on any atom is -0.497 e. The minimum absolute atomic E-state index is 0.626. The number of benzene rings is 1. The van der Waals surface area contributed by atoms with Crippen molar-refractivity contribution >= 4 is 0 Å². The highest BCUT2D eigenvalue weighted by Crippen LogP contribution is 2.28. The molecular formula is C15H24N2O2. The molecule has 1 aliphatic heterocycles. The first-order chi connectivity index (χ1) is 9.28. The van der Waals surface area contributed by atoms with Gasteiger partial charge in [0.2, 0.25) is 0 Å². The summed E-state index contributed by atoms with van der Waals surface area (Å²) in [6.07, 6.45) is 2.55. The summed E-state index contributed by atoms with van der Waals surface area (Å²) in [5, 5.41) is 3.28. The highest BCUT2D eigenvalue weighted by atomic mass is 16.5. The largest absolute Gasteiger partial charge is 0.497 e. The van der Waals surface area contributed by atoms with E-state index >= 15 is 0 Å². The van der Waals surface area contributed by atoms with Crippen molar-refractivity contribution in [1.29, 1.82) is 0 Å². The number of nitrogens with one attached hydrogen (secondary N) is 1. The molecule has 0 bridgehead atoms. The highest BCUT2D eigenvalue weighted by Gasteiger charge is 2.24. The molecule has 106 valence electrons. The van der Waals surface area contributed by atoms with Crippen LogP contribution in [0.4, 0.5) is 0 Å². The molecule has 1 atom stereocenters. The summed E-state index contributed by atoms with van der Waals surface area (Å²) in [4.78, 5) is 2.52. The molecule has 1 N–H and O–H groups in total. The summed E-state index contributed by atoms with van der Waals surface area (Å²) >= 11 is 0. The predicted octanol–water partition coefficient (Wildman–Crippen LogP) is 1.89. The van der Waals surface area contributed by atoms with Crippen molar-refractivity contribution in [1.82, 2.24) is 10.2 Å². The normalized spacial score (nSPS) is 19.6. The second-order valence-electron chi connectivity index (χ2n) is 5.00. The van der Waals surface area contributed by atoms with Gasteiger partial charge < -0.3 is 14.8 Å². The molecule has 0 amide bonds. The molecule has 4 heteroatoms. The predicted molar refractivity (Wildman–Crippen MR) is 76.9 cm³/mol. The second kappa shape index (κ2) is 6.78. The van der Waals surface area contributed by atoms with Crippen LogP contribution in [-0.4, -0.2) is 45.3 Å². The van der Waals surface area contributed by atoms with E-state index in [4.69, 9.17) is 9.47 Å². The van der Waals surface area contributed by atoms with E-state index in [0.717, 1.165) is 31.1 Å². The van der Waals surface area contributed by atoms with Crippen molar-refractivity contribution in [2.75, 3.05) is 34.4 Å². The number of methoxy groups -OCH3 is 2. The Kier molecular flexibility index (Phi) is 5.05. The fraction of sp³-hybridized carbons (Fsp3) is 0.600. The lowest BCUT2D eigenvalue weighted by Crippen LogP contribution is -2.36. The highest BCUT2D eigenvalue weighted by molar-refractivity contribution is 5.40. The molecule has 1 heterocycles. The van der Waals surface area contributed by atoms with Crippen molar-refractivity contribution in [3.63, 3.8) is 0 Å². The maximum Gasteiger partial charge on any atom is 0.123 e. The van der Waals surface area contributed by atoms with Crippen molar-refractivity contribution in [2.45, 2.75) is 25.4 Å². The molecule has 0 saturated carbocycles. The smallest absolute Gasteiger partial charge is 0.123 e. The Bertz CT molecular complexity index is 409. The van der Waals surface area contributed by atoms with Gasteiger partial charge in [0.05, 0.1) is 14.2 Å². The van der Waals surface area contributed by atoms with Gasteiger partial charge in [0, 0.05) is 24.7 Å². The fourth-order valence-electron chi connectivity index (χ4n) is 2.79. The zero-order valence-corrected chi connectivity index (χ0v) is 12.1. The lowest BCUT2D eigenvalue weighted by Gasteiger charge is -2.25. The van der Waals surface area contributed by atoms with Gasteiger partial charge in [0.15, 0.2) is 0 Å². The van der Waals surface area contributed by atoms with Gasteiger partial charge in [-0.2, -0.15) is 0 Å². The minimum atomic E-state index is 0.626. The lowest BCUT2D eigenvalue weighted by molar-refractivity contribution is 0.238. The maximum atomic E-state index is 5.45. The van der Waals surface area contributed by atoms with Gasteiger partial charge in [-0.05, 0) is 44.6 Å². The van der Waals surface area contributed by atoms with Gasteiger partial charge in [0.1, 0.15) is 11.5 Å². The zero-order valence-electron chi connectivity index (χ0n) is 12.1. The summed E-state index contributed by atoms with van der Waals surface area (Å²) in [5.41, 5.74) is 1.20. The van der Waals surface area contributed by atoms with Gasteiger partial charge in [-0.3, -0.25) is 4.90 Å².